The van der Waals surface area contributed by atoms with Crippen LogP contribution in [0.25, 0.3) is 0 Å². The summed E-state index contributed by atoms with van der Waals surface area (Å²) >= 11 is 2.00. The van der Waals surface area contributed by atoms with E-state index in [0.717, 1.165) is 28.9 Å². The summed E-state index contributed by atoms with van der Waals surface area (Å²) in [4.78, 5) is 11.7. The second-order valence-corrected chi connectivity index (χ2v) is 6.99. The molecule has 4 heteroatoms. The Kier molecular flexibility index (Phi) is 6.93. The van der Waals surface area contributed by atoms with Crippen molar-refractivity contribution >= 4 is 17.7 Å². The van der Waals surface area contributed by atoms with Crippen molar-refractivity contribution in [2.75, 3.05) is 18.9 Å². The van der Waals surface area contributed by atoms with Gasteiger partial charge in [-0.25, -0.2) is 0 Å². The van der Waals surface area contributed by atoms with Crippen molar-refractivity contribution in [2.45, 2.75) is 44.3 Å². The third kappa shape index (κ3) is 6.42. The Balaban J connectivity index is 1.55. The van der Waals surface area contributed by atoms with Gasteiger partial charge in [0.25, 0.3) is 5.91 Å². The lowest BCUT2D eigenvalue weighted by molar-refractivity contribution is -0.122. The Hall–Kier alpha value is -1.16. The van der Waals surface area contributed by atoms with E-state index in [1.165, 1.54) is 32.1 Å². The van der Waals surface area contributed by atoms with E-state index in [0.29, 0.717) is 0 Å². The van der Waals surface area contributed by atoms with Crippen LogP contribution in [0.15, 0.2) is 24.3 Å². The van der Waals surface area contributed by atoms with Crippen molar-refractivity contribution in [3.63, 3.8) is 0 Å². The van der Waals surface area contributed by atoms with Crippen molar-refractivity contribution in [1.29, 1.82) is 0 Å². The highest BCUT2D eigenvalue weighted by molar-refractivity contribution is 7.99. The predicted octanol–water partition coefficient (Wildman–Crippen LogP) is 3.56. The quantitative estimate of drug-likeness (QED) is 0.783. The van der Waals surface area contributed by atoms with Crippen molar-refractivity contribution in [3.8, 4) is 5.75 Å². The SMILES string of the molecule is Cc1cccc(OCC(=O)NCCSC2CCCCC2)c1. The maximum atomic E-state index is 11.7. The van der Waals surface area contributed by atoms with Crippen LogP contribution in [0, 0.1) is 6.92 Å². The zero-order chi connectivity index (χ0) is 14.9. The predicted molar refractivity (Wildman–Crippen MR) is 89.0 cm³/mol. The number of benzene rings is 1. The smallest absolute Gasteiger partial charge is 0.257 e. The molecule has 0 bridgehead atoms. The van der Waals surface area contributed by atoms with Crippen LogP contribution in [0.4, 0.5) is 0 Å². The highest BCUT2D eigenvalue weighted by atomic mass is 32.2. The molecule has 21 heavy (non-hydrogen) atoms. The minimum atomic E-state index is -0.0410. The zero-order valence-electron chi connectivity index (χ0n) is 12.8. The van der Waals surface area contributed by atoms with E-state index in [9.17, 15) is 4.79 Å². The molecular formula is C17H25NO2S. The maximum absolute atomic E-state index is 11.7. The van der Waals surface area contributed by atoms with E-state index in [1.54, 1.807) is 0 Å². The molecule has 0 heterocycles. The number of hydrogen-bond donors (Lipinski definition) is 1. The Morgan fingerprint density at radius 3 is 2.90 bits per heavy atom. The lowest BCUT2D eigenvalue weighted by Gasteiger charge is -2.20. The molecule has 3 nitrogen and oxygen atoms in total. The fourth-order valence-corrected chi connectivity index (χ4v) is 3.77. The van der Waals surface area contributed by atoms with Crippen LogP contribution in [0.5, 0.6) is 5.75 Å². The lowest BCUT2D eigenvalue weighted by Crippen LogP contribution is -2.31. The molecule has 1 aliphatic carbocycles. The average molecular weight is 307 g/mol. The van der Waals surface area contributed by atoms with Crippen LogP contribution >= 0.6 is 11.8 Å². The molecule has 0 saturated heterocycles. The summed E-state index contributed by atoms with van der Waals surface area (Å²) in [5.41, 5.74) is 1.14. The van der Waals surface area contributed by atoms with Gasteiger partial charge in [0.05, 0.1) is 0 Å². The molecule has 1 aromatic rings. The van der Waals surface area contributed by atoms with E-state index in [-0.39, 0.29) is 12.5 Å². The lowest BCUT2D eigenvalue weighted by atomic mass is 10.0. The minimum Gasteiger partial charge on any atom is -0.484 e. The third-order valence-electron chi connectivity index (χ3n) is 3.69. The first-order chi connectivity index (χ1) is 10.2. The van der Waals surface area contributed by atoms with Crippen LogP contribution in [0.3, 0.4) is 0 Å². The molecule has 1 saturated carbocycles. The van der Waals surface area contributed by atoms with Gasteiger partial charge in [0.2, 0.25) is 0 Å². The van der Waals surface area contributed by atoms with Gasteiger partial charge in [0.1, 0.15) is 5.75 Å². The molecule has 1 aliphatic rings. The number of amides is 1. The van der Waals surface area contributed by atoms with E-state index >= 15 is 0 Å². The van der Waals surface area contributed by atoms with Crippen LogP contribution in [0.1, 0.15) is 37.7 Å². The summed E-state index contributed by atoms with van der Waals surface area (Å²) in [7, 11) is 0. The minimum absolute atomic E-state index is 0.0410. The molecule has 1 fully saturated rings. The molecule has 1 N–H and O–H groups in total. The van der Waals surface area contributed by atoms with E-state index in [2.05, 4.69) is 5.32 Å². The summed E-state index contributed by atoms with van der Waals surface area (Å²) in [6.07, 6.45) is 6.82. The normalized spacial score (nSPS) is 15.7. The van der Waals surface area contributed by atoms with E-state index < -0.39 is 0 Å². The molecule has 1 amide bonds. The topological polar surface area (TPSA) is 38.3 Å². The first kappa shape index (κ1) is 16.2. The van der Waals surface area contributed by atoms with Crippen LogP contribution in [-0.2, 0) is 4.79 Å². The molecule has 0 unspecified atom stereocenters. The summed E-state index contributed by atoms with van der Waals surface area (Å²) in [5.74, 6) is 1.71. The highest BCUT2D eigenvalue weighted by Gasteiger charge is 2.13. The van der Waals surface area contributed by atoms with Gasteiger partial charge in [0, 0.05) is 17.5 Å². The molecule has 0 radical (unpaired) electrons. The highest BCUT2D eigenvalue weighted by Crippen LogP contribution is 2.27. The Morgan fingerprint density at radius 1 is 1.33 bits per heavy atom. The molecule has 0 aromatic heterocycles. The molecule has 2 rings (SSSR count). The fourth-order valence-electron chi connectivity index (χ4n) is 2.55. The maximum Gasteiger partial charge on any atom is 0.257 e. The Labute approximate surface area is 131 Å². The third-order valence-corrected chi connectivity index (χ3v) is 5.07. The van der Waals surface area contributed by atoms with Crippen LogP contribution in [0.2, 0.25) is 0 Å². The van der Waals surface area contributed by atoms with Crippen molar-refractivity contribution in [1.82, 2.24) is 5.32 Å². The van der Waals surface area contributed by atoms with Gasteiger partial charge in [-0.2, -0.15) is 11.8 Å². The number of ether oxygens (including phenoxy) is 1. The Bertz CT molecular complexity index is 444. The fraction of sp³-hybridized carbons (Fsp3) is 0.588. The molecule has 0 aliphatic heterocycles. The zero-order valence-corrected chi connectivity index (χ0v) is 13.6. The monoisotopic (exact) mass is 307 g/mol. The van der Waals surface area contributed by atoms with Crippen molar-refractivity contribution in [2.24, 2.45) is 0 Å². The number of carbonyl (C=O) groups is 1. The van der Waals surface area contributed by atoms with Crippen molar-refractivity contribution in [3.05, 3.63) is 29.8 Å². The van der Waals surface area contributed by atoms with Gasteiger partial charge in [0.15, 0.2) is 6.61 Å². The van der Waals surface area contributed by atoms with Crippen LogP contribution < -0.4 is 10.1 Å². The summed E-state index contributed by atoms with van der Waals surface area (Å²) in [6, 6.07) is 7.75. The van der Waals surface area contributed by atoms with Gasteiger partial charge < -0.3 is 10.1 Å². The van der Waals surface area contributed by atoms with E-state index in [4.69, 9.17) is 4.74 Å². The van der Waals surface area contributed by atoms with Gasteiger partial charge in [-0.15, -0.1) is 0 Å². The number of carbonyl (C=O) groups excluding carboxylic acids is 1. The summed E-state index contributed by atoms with van der Waals surface area (Å²) < 4.78 is 5.48. The molecule has 116 valence electrons. The van der Waals surface area contributed by atoms with Gasteiger partial charge in [-0.1, -0.05) is 31.4 Å². The molecule has 0 spiro atoms. The van der Waals surface area contributed by atoms with Crippen molar-refractivity contribution < 1.29 is 9.53 Å². The first-order valence-corrected chi connectivity index (χ1v) is 8.87. The average Bonchev–Trinajstić information content (AvgIpc) is 2.51. The largest absolute Gasteiger partial charge is 0.484 e. The second kappa shape index (κ2) is 8.98. The molecule has 0 atom stereocenters. The first-order valence-electron chi connectivity index (χ1n) is 7.82. The molecule has 1 aromatic carbocycles. The summed E-state index contributed by atoms with van der Waals surface area (Å²) in [6.45, 7) is 2.84. The Morgan fingerprint density at radius 2 is 2.14 bits per heavy atom. The number of hydrogen-bond acceptors (Lipinski definition) is 3. The standard InChI is InChI=1S/C17H25NO2S/c1-14-6-5-7-15(12-14)20-13-17(19)18-10-11-21-16-8-3-2-4-9-16/h5-7,12,16H,2-4,8-11,13H2,1H3,(H,18,19). The number of nitrogens with one attached hydrogen (secondary N) is 1. The number of rotatable bonds is 7. The van der Waals surface area contributed by atoms with E-state index in [1.807, 2.05) is 43.0 Å². The van der Waals surface area contributed by atoms with Crippen LogP contribution in [-0.4, -0.2) is 30.1 Å². The summed E-state index contributed by atoms with van der Waals surface area (Å²) in [5, 5.41) is 3.73. The second-order valence-electron chi connectivity index (χ2n) is 5.59. The van der Waals surface area contributed by atoms with Gasteiger partial charge in [-0.3, -0.25) is 4.79 Å². The number of aryl methyl sites for hydroxylation is 1. The van der Waals surface area contributed by atoms with Gasteiger partial charge >= 0.3 is 0 Å². The van der Waals surface area contributed by atoms with Gasteiger partial charge in [-0.05, 0) is 37.5 Å². The molecular weight excluding hydrogens is 282 g/mol. The number of thioether (sulfide) groups is 1.